The molecule has 0 spiro atoms. The molecule has 1 atom stereocenters. The first-order chi connectivity index (χ1) is 15.1. The third-order valence-corrected chi connectivity index (χ3v) is 7.94. The van der Waals surface area contributed by atoms with E-state index in [0.717, 1.165) is 47.3 Å². The smallest absolute Gasteiger partial charge is 0.407 e. The summed E-state index contributed by atoms with van der Waals surface area (Å²) in [7, 11) is 1.62. The Morgan fingerprint density at radius 3 is 2.77 bits per heavy atom. The zero-order valence-corrected chi connectivity index (χ0v) is 18.8. The van der Waals surface area contributed by atoms with E-state index in [2.05, 4.69) is 5.32 Å². The lowest BCUT2D eigenvalue weighted by Crippen LogP contribution is -2.23. The Morgan fingerprint density at radius 1 is 1.23 bits per heavy atom. The number of cyclic esters (lactones) is 1. The minimum atomic E-state index is -0.399. The van der Waals surface area contributed by atoms with Gasteiger partial charge in [-0.05, 0) is 55.5 Å². The summed E-state index contributed by atoms with van der Waals surface area (Å²) in [5, 5.41) is 4.04. The van der Waals surface area contributed by atoms with Crippen molar-refractivity contribution in [2.75, 3.05) is 19.4 Å². The Hall–Kier alpha value is -2.52. The summed E-state index contributed by atoms with van der Waals surface area (Å²) in [6.45, 7) is 0.466. The van der Waals surface area contributed by atoms with E-state index in [0.29, 0.717) is 17.5 Å². The number of thiophene rings is 1. The highest BCUT2D eigenvalue weighted by Crippen LogP contribution is 2.35. The average molecular weight is 458 g/mol. The highest BCUT2D eigenvalue weighted by atomic mass is 32.2. The van der Waals surface area contributed by atoms with Gasteiger partial charge in [-0.15, -0.1) is 11.3 Å². The number of alkyl carbamates (subject to hydrolysis) is 1. The fourth-order valence-electron chi connectivity index (χ4n) is 4.11. The van der Waals surface area contributed by atoms with Crippen molar-refractivity contribution in [1.29, 1.82) is 0 Å². The molecule has 2 aliphatic rings. The highest BCUT2D eigenvalue weighted by Gasteiger charge is 2.26. The summed E-state index contributed by atoms with van der Waals surface area (Å²) in [4.78, 5) is 32.2. The van der Waals surface area contributed by atoms with Gasteiger partial charge >= 0.3 is 6.09 Å². The molecule has 1 aliphatic carbocycles. The summed E-state index contributed by atoms with van der Waals surface area (Å²) < 4.78 is 12.2. The molecule has 0 radical (unpaired) electrons. The van der Waals surface area contributed by atoms with Crippen molar-refractivity contribution in [1.82, 2.24) is 14.9 Å². The standard InChI is InChI=1S/C22H23N3O4S2/c1-28-14-9-7-13(8-10-14)25-20(26)18-16-5-3-2-4-6-17(16)31-19(18)24-21(25)30-12-15-11-23-22(27)29-15/h7-10,15H,2-6,11-12H2,1H3,(H,23,27). The monoisotopic (exact) mass is 457 g/mol. The van der Waals surface area contributed by atoms with Gasteiger partial charge in [0.2, 0.25) is 0 Å². The van der Waals surface area contributed by atoms with Crippen LogP contribution in [0.3, 0.4) is 0 Å². The van der Waals surface area contributed by atoms with E-state index in [1.165, 1.54) is 28.6 Å². The van der Waals surface area contributed by atoms with Crippen molar-refractivity contribution < 1.29 is 14.3 Å². The quantitative estimate of drug-likeness (QED) is 0.355. The molecule has 1 aromatic carbocycles. The number of carbonyl (C=O) groups excluding carboxylic acids is 1. The number of fused-ring (bicyclic) bond motifs is 3. The molecule has 1 amide bonds. The number of aromatic nitrogens is 2. The van der Waals surface area contributed by atoms with Crippen LogP contribution in [0.15, 0.2) is 34.2 Å². The van der Waals surface area contributed by atoms with Crippen LogP contribution in [0.5, 0.6) is 5.75 Å². The maximum absolute atomic E-state index is 13.8. The highest BCUT2D eigenvalue weighted by molar-refractivity contribution is 7.99. The number of nitrogens with one attached hydrogen (secondary N) is 1. The lowest BCUT2D eigenvalue weighted by atomic mass is 10.1. The van der Waals surface area contributed by atoms with Crippen LogP contribution >= 0.6 is 23.1 Å². The molecule has 1 saturated heterocycles. The SMILES string of the molecule is COc1ccc(-n2c(SCC3CNC(=O)O3)nc3sc4c(c3c2=O)CCCCC4)cc1. The Kier molecular flexibility index (Phi) is 5.62. The normalized spacial score (nSPS) is 18.4. The van der Waals surface area contributed by atoms with Crippen LogP contribution in [0.1, 0.15) is 29.7 Å². The number of hydrogen-bond acceptors (Lipinski definition) is 7. The second kappa shape index (κ2) is 8.55. The molecule has 3 aromatic rings. The number of thioether (sulfide) groups is 1. The summed E-state index contributed by atoms with van der Waals surface area (Å²) in [6, 6.07) is 7.44. The van der Waals surface area contributed by atoms with Gasteiger partial charge in [-0.2, -0.15) is 0 Å². The molecule has 1 unspecified atom stereocenters. The lowest BCUT2D eigenvalue weighted by Gasteiger charge is -2.14. The Bertz CT molecular complexity index is 1190. The maximum atomic E-state index is 13.8. The van der Waals surface area contributed by atoms with Crippen LogP contribution in [0.2, 0.25) is 0 Å². The van der Waals surface area contributed by atoms with Gasteiger partial charge in [-0.3, -0.25) is 9.36 Å². The molecule has 9 heteroatoms. The van der Waals surface area contributed by atoms with E-state index >= 15 is 0 Å². The Morgan fingerprint density at radius 2 is 2.03 bits per heavy atom. The second-order valence-corrected chi connectivity index (χ2v) is 9.77. The van der Waals surface area contributed by atoms with Gasteiger partial charge in [0, 0.05) is 10.6 Å². The van der Waals surface area contributed by atoms with Crippen LogP contribution in [-0.2, 0) is 17.6 Å². The summed E-state index contributed by atoms with van der Waals surface area (Å²) >= 11 is 3.09. The zero-order chi connectivity index (χ0) is 21.4. The molecule has 3 heterocycles. The topological polar surface area (TPSA) is 82.4 Å². The van der Waals surface area contributed by atoms with Gasteiger partial charge in [-0.1, -0.05) is 18.2 Å². The number of ether oxygens (including phenoxy) is 2. The van der Waals surface area contributed by atoms with E-state index in [9.17, 15) is 9.59 Å². The average Bonchev–Trinajstić information content (AvgIpc) is 3.27. The first-order valence-electron chi connectivity index (χ1n) is 10.4. The molecule has 7 nitrogen and oxygen atoms in total. The van der Waals surface area contributed by atoms with Crippen molar-refractivity contribution in [3.63, 3.8) is 0 Å². The number of aryl methyl sites for hydroxylation is 2. The second-order valence-electron chi connectivity index (χ2n) is 7.70. The molecule has 1 fully saturated rings. The Labute approximate surface area is 187 Å². The van der Waals surface area contributed by atoms with Crippen molar-refractivity contribution in [2.45, 2.75) is 43.4 Å². The van der Waals surface area contributed by atoms with E-state index in [1.54, 1.807) is 23.0 Å². The summed E-state index contributed by atoms with van der Waals surface area (Å²) in [5.41, 5.74) is 1.90. The van der Waals surface area contributed by atoms with Crippen molar-refractivity contribution >= 4 is 39.4 Å². The number of nitrogens with zero attached hydrogens (tertiary/aromatic N) is 2. The van der Waals surface area contributed by atoms with E-state index < -0.39 is 6.09 Å². The van der Waals surface area contributed by atoms with Crippen molar-refractivity contribution in [3.8, 4) is 11.4 Å². The molecule has 0 bridgehead atoms. The molecular formula is C22H23N3O4S2. The van der Waals surface area contributed by atoms with Crippen LogP contribution < -0.4 is 15.6 Å². The van der Waals surface area contributed by atoms with Gasteiger partial charge < -0.3 is 14.8 Å². The number of rotatable bonds is 5. The van der Waals surface area contributed by atoms with Gasteiger partial charge in [0.1, 0.15) is 16.7 Å². The Balaban J connectivity index is 1.62. The molecule has 2 aromatic heterocycles. The first-order valence-corrected chi connectivity index (χ1v) is 12.2. The van der Waals surface area contributed by atoms with E-state index in [-0.39, 0.29) is 11.7 Å². The van der Waals surface area contributed by atoms with Gasteiger partial charge in [0.25, 0.3) is 5.56 Å². The van der Waals surface area contributed by atoms with Crippen LogP contribution in [0, 0.1) is 0 Å². The van der Waals surface area contributed by atoms with Crippen LogP contribution in [-0.4, -0.2) is 41.2 Å². The predicted molar refractivity (Wildman–Crippen MR) is 122 cm³/mol. The number of carbonyl (C=O) groups is 1. The van der Waals surface area contributed by atoms with E-state index in [4.69, 9.17) is 14.5 Å². The summed E-state index contributed by atoms with van der Waals surface area (Å²) in [6.07, 6.45) is 4.78. The maximum Gasteiger partial charge on any atom is 0.407 e. The molecule has 1 aliphatic heterocycles. The zero-order valence-electron chi connectivity index (χ0n) is 17.2. The summed E-state index contributed by atoms with van der Waals surface area (Å²) in [5.74, 6) is 1.26. The first kappa shape index (κ1) is 20.4. The molecule has 31 heavy (non-hydrogen) atoms. The van der Waals surface area contributed by atoms with Crippen molar-refractivity contribution in [2.24, 2.45) is 0 Å². The van der Waals surface area contributed by atoms with E-state index in [1.807, 2.05) is 24.3 Å². The molecule has 5 rings (SSSR count). The fourth-order valence-corrected chi connectivity index (χ4v) is 6.41. The van der Waals surface area contributed by atoms with Gasteiger partial charge in [-0.25, -0.2) is 9.78 Å². The number of amides is 1. The molecule has 0 saturated carbocycles. The third-order valence-electron chi connectivity index (χ3n) is 5.68. The fraction of sp³-hybridized carbons (Fsp3) is 0.409. The number of methoxy groups -OCH3 is 1. The minimum absolute atomic E-state index is 0.0291. The van der Waals surface area contributed by atoms with Crippen LogP contribution in [0.4, 0.5) is 4.79 Å². The van der Waals surface area contributed by atoms with Crippen LogP contribution in [0.25, 0.3) is 15.9 Å². The lowest BCUT2D eigenvalue weighted by molar-refractivity contribution is 0.150. The van der Waals surface area contributed by atoms with Gasteiger partial charge in [0.05, 0.1) is 24.7 Å². The molecule has 1 N–H and O–H groups in total. The number of benzene rings is 1. The minimum Gasteiger partial charge on any atom is -0.497 e. The predicted octanol–water partition coefficient (Wildman–Crippen LogP) is 3.93. The molecule has 162 valence electrons. The van der Waals surface area contributed by atoms with Crippen molar-refractivity contribution in [3.05, 3.63) is 45.1 Å². The molecular weight excluding hydrogens is 434 g/mol. The third kappa shape index (κ3) is 3.92. The largest absolute Gasteiger partial charge is 0.497 e. The van der Waals surface area contributed by atoms with Gasteiger partial charge in [0.15, 0.2) is 5.16 Å². The number of hydrogen-bond donors (Lipinski definition) is 1.